The normalized spacial score (nSPS) is 30.9. The van der Waals surface area contributed by atoms with Crippen molar-refractivity contribution < 1.29 is 9.32 Å². The minimum absolute atomic E-state index is 0.0691. The molecule has 2 saturated carbocycles. The Morgan fingerprint density at radius 3 is 2.45 bits per heavy atom. The van der Waals surface area contributed by atoms with E-state index >= 15 is 0 Å². The maximum absolute atomic E-state index is 12.7. The monoisotopic (exact) mass is 460 g/mol. The van der Waals surface area contributed by atoms with E-state index in [-0.39, 0.29) is 12.1 Å². The van der Waals surface area contributed by atoms with Crippen molar-refractivity contribution in [2.24, 2.45) is 11.8 Å². The average Bonchev–Trinajstić information content (AvgIpc) is 3.21. The maximum Gasteiger partial charge on any atom is 0.227 e. The Labute approximate surface area is 188 Å². The molecule has 0 spiro atoms. The highest BCUT2D eigenvalue weighted by atomic mass is 35.5. The van der Waals surface area contributed by atoms with Crippen molar-refractivity contribution >= 4 is 34.2 Å². The Morgan fingerprint density at radius 1 is 1.13 bits per heavy atom. The molecule has 0 amide bonds. The highest BCUT2D eigenvalue weighted by molar-refractivity contribution is 7.85. The zero-order valence-electron chi connectivity index (χ0n) is 17.2. The highest BCUT2D eigenvalue weighted by Gasteiger charge is 2.48. The van der Waals surface area contributed by atoms with Gasteiger partial charge in [-0.05, 0) is 43.9 Å². The summed E-state index contributed by atoms with van der Waals surface area (Å²) < 4.78 is 12.7. The number of anilines is 2. The lowest BCUT2D eigenvalue weighted by Gasteiger charge is -2.48. The third-order valence-corrected chi connectivity index (χ3v) is 9.14. The van der Waals surface area contributed by atoms with Gasteiger partial charge in [0.15, 0.2) is 5.82 Å². The number of halogens is 1. The number of hydrogen-bond donors (Lipinski definition) is 1. The molecule has 31 heavy (non-hydrogen) atoms. The molecule has 8 nitrogen and oxygen atoms in total. The molecule has 4 aliphatic rings. The van der Waals surface area contributed by atoms with E-state index in [9.17, 15) is 9.32 Å². The summed E-state index contributed by atoms with van der Waals surface area (Å²) >= 11 is 5.98. The molecule has 2 aliphatic carbocycles. The van der Waals surface area contributed by atoms with E-state index in [4.69, 9.17) is 16.6 Å². The first-order valence-electron chi connectivity index (χ1n) is 10.9. The SMILES string of the molecule is O=[S@]1CN(C2(CO)CCC2)c2nc(N3CC4CCC(C3)C4c3ncc(Cl)cn3)ncc21. The van der Waals surface area contributed by atoms with Crippen molar-refractivity contribution in [2.75, 3.05) is 35.4 Å². The van der Waals surface area contributed by atoms with E-state index in [2.05, 4.69) is 24.8 Å². The van der Waals surface area contributed by atoms with Gasteiger partial charge in [-0.15, -0.1) is 0 Å². The zero-order chi connectivity index (χ0) is 21.2. The van der Waals surface area contributed by atoms with Crippen molar-refractivity contribution in [2.45, 2.75) is 48.5 Å². The van der Waals surface area contributed by atoms with Crippen LogP contribution >= 0.6 is 11.6 Å². The standard InChI is InChI=1S/C21H25ClN6O2S/c22-15-6-23-18(24-7-15)17-13-2-3-14(17)10-27(9-13)20-25-8-16-19(26-20)28(12-31(16)30)21(11-29)4-1-5-21/h6-8,13-14,17,29H,1-5,9-12H2/t13?,14?,17?,31-/m0/s1. The Hall–Kier alpha value is -1.84. The predicted octanol–water partition coefficient (Wildman–Crippen LogP) is 2.35. The Morgan fingerprint density at radius 2 is 1.84 bits per heavy atom. The van der Waals surface area contributed by atoms with Crippen LogP contribution < -0.4 is 9.80 Å². The van der Waals surface area contributed by atoms with Crippen LogP contribution in [0.25, 0.3) is 0 Å². The predicted molar refractivity (Wildman–Crippen MR) is 118 cm³/mol. The number of rotatable bonds is 4. The van der Waals surface area contributed by atoms with Gasteiger partial charge in [0.05, 0.1) is 34.2 Å². The number of aliphatic hydroxyl groups is 1. The summed E-state index contributed by atoms with van der Waals surface area (Å²) in [5.41, 5.74) is -0.315. The summed E-state index contributed by atoms with van der Waals surface area (Å²) in [5, 5.41) is 10.6. The Kier molecular flexibility index (Phi) is 4.70. The van der Waals surface area contributed by atoms with E-state index in [0.29, 0.717) is 39.5 Å². The fourth-order valence-corrected chi connectivity index (χ4v) is 7.27. The molecule has 164 valence electrons. The molecule has 2 aromatic rings. The molecule has 2 bridgehead atoms. The van der Waals surface area contributed by atoms with Gasteiger partial charge in [-0.25, -0.2) is 15.0 Å². The molecule has 2 unspecified atom stereocenters. The molecule has 1 saturated heterocycles. The molecule has 2 aliphatic heterocycles. The second kappa shape index (κ2) is 7.35. The minimum atomic E-state index is -1.15. The largest absolute Gasteiger partial charge is 0.394 e. The third-order valence-electron chi connectivity index (χ3n) is 7.68. The number of aliphatic hydroxyl groups excluding tert-OH is 1. The van der Waals surface area contributed by atoms with Gasteiger partial charge in [0.25, 0.3) is 0 Å². The number of piperidine rings is 1. The van der Waals surface area contributed by atoms with Crippen LogP contribution in [0.3, 0.4) is 0 Å². The molecular weight excluding hydrogens is 436 g/mol. The summed E-state index contributed by atoms with van der Waals surface area (Å²) in [5.74, 6) is 3.99. The van der Waals surface area contributed by atoms with E-state index in [1.54, 1.807) is 18.6 Å². The summed E-state index contributed by atoms with van der Waals surface area (Å²) in [4.78, 5) is 23.5. The molecule has 0 radical (unpaired) electrons. The van der Waals surface area contributed by atoms with Crippen molar-refractivity contribution in [3.05, 3.63) is 29.4 Å². The van der Waals surface area contributed by atoms with Crippen LogP contribution in [-0.2, 0) is 10.8 Å². The van der Waals surface area contributed by atoms with Crippen LogP contribution in [-0.4, -0.2) is 60.4 Å². The van der Waals surface area contributed by atoms with Gasteiger partial charge in [0.1, 0.15) is 16.6 Å². The van der Waals surface area contributed by atoms with Crippen molar-refractivity contribution in [1.29, 1.82) is 0 Å². The van der Waals surface area contributed by atoms with Gasteiger partial charge in [-0.2, -0.15) is 4.98 Å². The molecule has 4 heterocycles. The molecular formula is C21H25ClN6O2S. The van der Waals surface area contributed by atoms with E-state index in [1.165, 1.54) is 0 Å². The quantitative estimate of drug-likeness (QED) is 0.742. The Bertz CT molecular complexity index is 1010. The Balaban J connectivity index is 1.28. The number of nitrogens with zero attached hydrogens (tertiary/aromatic N) is 6. The zero-order valence-corrected chi connectivity index (χ0v) is 18.7. The van der Waals surface area contributed by atoms with Gasteiger partial charge in [-0.3, -0.25) is 4.21 Å². The first kappa shape index (κ1) is 19.8. The highest BCUT2D eigenvalue weighted by Crippen LogP contribution is 2.48. The molecule has 10 heteroatoms. The molecule has 1 N–H and O–H groups in total. The molecule has 0 aromatic carbocycles. The van der Waals surface area contributed by atoms with E-state index in [0.717, 1.165) is 56.8 Å². The first-order valence-corrected chi connectivity index (χ1v) is 12.6. The minimum Gasteiger partial charge on any atom is -0.394 e. The summed E-state index contributed by atoms with van der Waals surface area (Å²) in [7, 11) is -1.15. The smallest absolute Gasteiger partial charge is 0.227 e. The van der Waals surface area contributed by atoms with Crippen LogP contribution in [0.1, 0.15) is 43.8 Å². The van der Waals surface area contributed by atoms with E-state index < -0.39 is 10.8 Å². The number of hydrogen-bond acceptors (Lipinski definition) is 8. The lowest BCUT2D eigenvalue weighted by molar-refractivity contribution is 0.119. The van der Waals surface area contributed by atoms with Gasteiger partial charge < -0.3 is 14.9 Å². The van der Waals surface area contributed by atoms with Crippen molar-refractivity contribution in [1.82, 2.24) is 19.9 Å². The summed E-state index contributed by atoms with van der Waals surface area (Å²) in [6.07, 6.45) is 10.3. The van der Waals surface area contributed by atoms with Crippen LogP contribution in [0.2, 0.25) is 5.02 Å². The topological polar surface area (TPSA) is 95.3 Å². The van der Waals surface area contributed by atoms with Crippen molar-refractivity contribution in [3.63, 3.8) is 0 Å². The van der Waals surface area contributed by atoms with Gasteiger partial charge >= 0.3 is 0 Å². The fourth-order valence-electron chi connectivity index (χ4n) is 5.87. The second-order valence-corrected chi connectivity index (χ2v) is 11.1. The van der Waals surface area contributed by atoms with E-state index in [1.807, 2.05) is 0 Å². The first-order chi connectivity index (χ1) is 15.1. The van der Waals surface area contributed by atoms with Crippen LogP contribution in [0.5, 0.6) is 0 Å². The lowest BCUT2D eigenvalue weighted by atomic mass is 9.76. The van der Waals surface area contributed by atoms with Gasteiger partial charge in [0.2, 0.25) is 5.95 Å². The molecule has 3 fully saturated rings. The third kappa shape index (κ3) is 3.08. The lowest BCUT2D eigenvalue weighted by Crippen LogP contribution is -2.56. The summed E-state index contributed by atoms with van der Waals surface area (Å²) in [6.45, 7) is 1.79. The number of aromatic nitrogens is 4. The van der Waals surface area contributed by atoms with Gasteiger partial charge in [-0.1, -0.05) is 11.6 Å². The molecule has 2 aromatic heterocycles. The maximum atomic E-state index is 12.7. The number of fused-ring (bicyclic) bond motifs is 3. The van der Waals surface area contributed by atoms with Crippen LogP contribution in [0.15, 0.2) is 23.5 Å². The molecule has 6 rings (SSSR count). The molecule has 3 atom stereocenters. The van der Waals surface area contributed by atoms with Crippen molar-refractivity contribution in [3.8, 4) is 0 Å². The average molecular weight is 461 g/mol. The fraction of sp³-hybridized carbons (Fsp3) is 0.619. The second-order valence-electron chi connectivity index (χ2n) is 9.28. The van der Waals surface area contributed by atoms with Crippen LogP contribution in [0, 0.1) is 11.8 Å². The summed E-state index contributed by atoms with van der Waals surface area (Å²) in [6, 6.07) is 0. The van der Waals surface area contributed by atoms with Crippen LogP contribution in [0.4, 0.5) is 11.8 Å². The van der Waals surface area contributed by atoms with Gasteiger partial charge in [0, 0.05) is 31.4 Å².